The third-order valence-electron chi connectivity index (χ3n) is 13.9. The van der Waals surface area contributed by atoms with Gasteiger partial charge in [-0.3, -0.25) is 29.3 Å². The van der Waals surface area contributed by atoms with E-state index >= 15 is 0 Å². The number of fused-ring (bicyclic) bond motifs is 1. The van der Waals surface area contributed by atoms with E-state index in [-0.39, 0.29) is 66.3 Å². The number of aryl methyl sites for hydroxylation is 4. The van der Waals surface area contributed by atoms with Crippen molar-refractivity contribution in [3.8, 4) is 0 Å². The number of pyridine rings is 2. The molecule has 8 aromatic rings. The second-order valence-electron chi connectivity index (χ2n) is 21.0. The molecule has 0 aliphatic heterocycles. The number of aliphatic carboxylic acids is 2. The molecule has 1 atom stereocenters. The number of hydrogen-bond donors (Lipinski definition) is 12. The van der Waals surface area contributed by atoms with Crippen LogP contribution in [0.2, 0.25) is 0 Å². The maximum atomic E-state index is 13.7. The smallest absolute Gasteiger partial charge is 0.323 e. The number of benzene rings is 5. The molecular formula is C59H63N11O21PS4Tc-3. The van der Waals surface area contributed by atoms with Gasteiger partial charge >= 0.3 is 11.9 Å². The number of aromatic amines is 1. The molecule has 0 aliphatic carbocycles. The number of aliphatic hydroxyl groups is 3. The Morgan fingerprint density at radius 3 is 1.67 bits per heavy atom. The molecule has 0 fully saturated rings. The number of rotatable bonds is 28. The number of anilines is 1. The van der Waals surface area contributed by atoms with Gasteiger partial charge in [0.15, 0.2) is 11.8 Å². The molecule has 8 rings (SSSR count). The molecule has 5 aromatic carbocycles. The molecule has 1 radical (unpaired) electrons. The second-order valence-corrected chi connectivity index (χ2v) is 29.0. The van der Waals surface area contributed by atoms with Gasteiger partial charge in [-0.05, 0) is 128 Å². The number of H-pyrrole nitrogens is 1. The first-order chi connectivity index (χ1) is 45.1. The monoisotopic (exact) mass is 1520 g/mol. The third-order valence-corrected chi connectivity index (χ3v) is 20.7. The fourth-order valence-electron chi connectivity index (χ4n) is 9.20. The number of hydrogen-bond acceptors (Lipinski definition) is 25. The molecule has 0 saturated carbocycles. The van der Waals surface area contributed by atoms with Crippen molar-refractivity contribution in [2.75, 3.05) is 44.8 Å². The van der Waals surface area contributed by atoms with Crippen LogP contribution in [0.15, 0.2) is 170 Å². The Bertz CT molecular complexity index is 4440. The molecule has 0 aliphatic rings. The molecule has 0 saturated heterocycles. The minimum atomic E-state index is -4.66. The molecule has 519 valence electrons. The van der Waals surface area contributed by atoms with Crippen LogP contribution in [0.3, 0.4) is 0 Å². The van der Waals surface area contributed by atoms with Crippen LogP contribution in [0, 0.1) is 26.3 Å². The molecular weight excluding hydrogens is 1460 g/mol. The molecule has 97 heavy (non-hydrogen) atoms. The van der Waals surface area contributed by atoms with E-state index in [1.807, 2.05) is 6.92 Å². The maximum absolute atomic E-state index is 13.7. The van der Waals surface area contributed by atoms with Gasteiger partial charge in [-0.2, -0.15) is 4.72 Å². The molecule has 2 amide bonds. The first-order valence-corrected chi connectivity index (χ1v) is 35.1. The number of sulfonamides is 1. The first kappa shape index (κ1) is 79.2. The van der Waals surface area contributed by atoms with Gasteiger partial charge in [0, 0.05) is 76.5 Å². The van der Waals surface area contributed by atoms with Crippen molar-refractivity contribution in [1.29, 1.82) is 5.53 Å². The Morgan fingerprint density at radius 2 is 1.24 bits per heavy atom. The van der Waals surface area contributed by atoms with Crippen LogP contribution in [-0.4, -0.2) is 167 Å². The number of imidazole rings is 1. The zero-order valence-electron chi connectivity index (χ0n) is 51.2. The maximum Gasteiger partial charge on any atom is 0.323 e. The number of carbonyl (C=O) groups excluding carboxylic acids is 2. The zero-order valence-corrected chi connectivity index (χ0v) is 57.3. The summed E-state index contributed by atoms with van der Waals surface area (Å²) in [5, 5.41) is 60.1. The van der Waals surface area contributed by atoms with Crippen molar-refractivity contribution >= 4 is 111 Å². The Morgan fingerprint density at radius 1 is 0.711 bits per heavy atom. The average molecular weight is 1520 g/mol. The quantitative estimate of drug-likeness (QED) is 0.0140. The Kier molecular flexibility index (Phi) is 28.3. The van der Waals surface area contributed by atoms with Crippen LogP contribution >= 0.6 is 7.92 Å². The van der Waals surface area contributed by atoms with Crippen LogP contribution in [0.25, 0.3) is 10.9 Å². The number of amides is 2. The van der Waals surface area contributed by atoms with E-state index < -0.39 is 131 Å². The number of nitrogens with one attached hydrogen (secondary N) is 7. The van der Waals surface area contributed by atoms with E-state index in [1.54, 1.807) is 61.1 Å². The summed E-state index contributed by atoms with van der Waals surface area (Å²) < 4.78 is 131. The summed E-state index contributed by atoms with van der Waals surface area (Å²) in [5.74, 6) is -3.21. The largest absolute Gasteiger partial charge is 0.744 e. The fraction of sp³-hybridized carbons (Fsp3) is 0.237. The summed E-state index contributed by atoms with van der Waals surface area (Å²) in [6.45, 7) is 3.25. The normalized spacial score (nSPS) is 12.0. The van der Waals surface area contributed by atoms with Gasteiger partial charge in [-0.25, -0.2) is 49.2 Å². The fourth-order valence-corrected chi connectivity index (χ4v) is 14.5. The van der Waals surface area contributed by atoms with E-state index in [9.17, 15) is 76.4 Å². The summed E-state index contributed by atoms with van der Waals surface area (Å²) in [5.41, 5.74) is 8.13. The van der Waals surface area contributed by atoms with Gasteiger partial charge in [0.1, 0.15) is 42.0 Å². The van der Waals surface area contributed by atoms with E-state index in [1.165, 1.54) is 60.9 Å². The molecule has 0 spiro atoms. The zero-order chi connectivity index (χ0) is 70.9. The predicted molar refractivity (Wildman–Crippen MR) is 344 cm³/mol. The SMILES string of the molecule is Cc1cc(C)c(S(=O)(=O)NC(CNC(=O)c2cn(CCCNC(=O)c3ccc(N=N)nc3)c3cc(CNc4ncc[nH]4)ccc3c2=O)C(=O)O)c(C)c1.O=C(O)CNC(CO)(CO)CO.O=S(=O)([O-])c1ccc(P(c2ccc(S(=O)(=O)[O-])cc2)c2ccc(S(=O)(=O)[O-])cc2)cc1.[99Tc]. The number of carboxylic acids is 2. The third kappa shape index (κ3) is 22.0. The molecule has 32 nitrogen and oxygen atoms in total. The van der Waals surface area contributed by atoms with Crippen LogP contribution in [0.4, 0.5) is 11.8 Å². The topological polar surface area (TPSA) is 535 Å². The Labute approximate surface area is 570 Å². The van der Waals surface area contributed by atoms with Crippen molar-refractivity contribution in [3.05, 3.63) is 184 Å². The van der Waals surface area contributed by atoms with Gasteiger partial charge in [0.25, 0.3) is 11.8 Å². The number of nitrogens with zero attached hydrogens (tertiary/aromatic N) is 4. The van der Waals surface area contributed by atoms with E-state index in [0.717, 1.165) is 47.5 Å². The Balaban J connectivity index is 0.000000324. The van der Waals surface area contributed by atoms with E-state index in [2.05, 4.69) is 46.1 Å². The van der Waals surface area contributed by atoms with Crippen molar-refractivity contribution in [3.63, 3.8) is 0 Å². The van der Waals surface area contributed by atoms with Crippen LogP contribution in [0.1, 0.15) is 49.4 Å². The summed E-state index contributed by atoms with van der Waals surface area (Å²) >= 11 is 0. The number of carboxylic acid groups (broad SMARTS) is 2. The van der Waals surface area contributed by atoms with Gasteiger partial charge in [0.05, 0.1) is 62.6 Å². The molecule has 38 heteroatoms. The molecule has 0 bridgehead atoms. The minimum Gasteiger partial charge on any atom is -0.744 e. The summed E-state index contributed by atoms with van der Waals surface area (Å²) in [6, 6.07) is 24.9. The minimum absolute atomic E-state index is 0. The average Bonchev–Trinajstić information content (AvgIpc) is 1.20. The van der Waals surface area contributed by atoms with Crippen molar-refractivity contribution in [2.24, 2.45) is 5.11 Å². The van der Waals surface area contributed by atoms with Gasteiger partial charge < -0.3 is 64.7 Å². The van der Waals surface area contributed by atoms with Gasteiger partial charge in [-0.15, -0.1) is 5.11 Å². The van der Waals surface area contributed by atoms with E-state index in [4.69, 9.17) is 26.0 Å². The first-order valence-electron chi connectivity index (χ1n) is 28.0. The molecule has 12 N–H and O–H groups in total. The summed E-state index contributed by atoms with van der Waals surface area (Å²) in [6.07, 6.45) is 6.33. The standard InChI is InChI=1S/C35H38N10O7S.C18H15O9PS3.C6H13NO5.Tc/c1-20-13-21(2)31(22(3)14-20)53(51,52)44-27(34(49)50)18-41-33(48)26-19-45(12-4-9-37-32(47)24-6-8-29(43-36)40-17-24)28-15-23(5-7-25(28)30(26)46)16-42-35-38-10-11-39-35;19-29(20,21)16-7-1-13(2-8-16)28(14-3-9-17(10-4-14)30(22,23)24)15-5-11-18(12-6-15)31(25,26)27;8-2-6(3-9,4-10)7-1-5(11)12;/h5-8,10-11,13-15,17,19,27,36,44H,4,9,12,16,18H2,1-3H3,(H,37,47)(H,41,48)(H,49,50)(H2,38,39,42);1-12H,(H,19,20,21)(H,22,23,24)(H,25,26,27);7-10H,1-4H2,(H,11,12);/p-3/i;;;1+1. The Hall–Kier alpha value is -8.49. The number of aliphatic hydroxyl groups excluding tert-OH is 3. The van der Waals surface area contributed by atoms with Crippen molar-refractivity contribution in [2.45, 2.75) is 71.4 Å². The van der Waals surface area contributed by atoms with Crippen LogP contribution < -0.4 is 47.3 Å². The van der Waals surface area contributed by atoms with Gasteiger partial charge in [-0.1, -0.05) is 60.2 Å². The molecule has 3 aromatic heterocycles. The van der Waals surface area contributed by atoms with Crippen molar-refractivity contribution < 1.29 is 112 Å². The predicted octanol–water partition coefficient (Wildman–Crippen LogP) is 0.832. The number of aromatic nitrogens is 4. The molecule has 1 unspecified atom stereocenters. The summed E-state index contributed by atoms with van der Waals surface area (Å²) in [7, 11) is -19.8. The van der Waals surface area contributed by atoms with E-state index in [0.29, 0.717) is 51.5 Å². The second kappa shape index (κ2) is 34.6. The number of carbonyl (C=O) groups is 4. The van der Waals surface area contributed by atoms with Crippen LogP contribution in [-0.2, 0) is 83.2 Å². The molecule has 3 heterocycles. The van der Waals surface area contributed by atoms with Crippen molar-refractivity contribution in [1.82, 2.24) is 40.2 Å². The van der Waals surface area contributed by atoms with Crippen LogP contribution in [0.5, 0.6) is 0 Å². The summed E-state index contributed by atoms with van der Waals surface area (Å²) in [4.78, 5) is 71.7. The van der Waals surface area contributed by atoms with Gasteiger partial charge in [0.2, 0.25) is 15.5 Å².